The molecule has 32 heteroatoms. The number of carbonyl (C=O) groups excluding carboxylic acids is 11. The van der Waals surface area contributed by atoms with Crippen LogP contribution in [0.4, 0.5) is 0 Å². The SMILES string of the molecule is CSCC[C@H](NC(=O)[C@H](Cc1c[nH]c2ccccc12)NC(=O)CNC(=O)[C@@H](NC(=O)[C@H](Cc1ccc(O)cc1)NC(=O)[C@H](CC(=O)O)NC(=O)[C@H](CCC(N)=O)NC(=O)[C@@H]1CCC(=O)N1)[C@@H](C)O)C(=O)N[C@@H](CC(=O)O)C(=O)N[C@@H](Cc1ccccc1)C(=O)O. The lowest BCUT2D eigenvalue weighted by Crippen LogP contribution is -2.61. The van der Waals surface area contributed by atoms with E-state index in [2.05, 4.69) is 58.2 Å². The second-order valence-corrected chi connectivity index (χ2v) is 22.0. The Morgan fingerprint density at radius 3 is 1.68 bits per heavy atom. The van der Waals surface area contributed by atoms with Gasteiger partial charge in [-0.25, -0.2) is 4.79 Å². The van der Waals surface area contributed by atoms with Crippen LogP contribution in [0.3, 0.4) is 0 Å². The highest BCUT2D eigenvalue weighted by Crippen LogP contribution is 2.20. The third-order valence-corrected chi connectivity index (χ3v) is 14.7. The molecule has 1 fully saturated rings. The normalized spacial score (nSPS) is 15.6. The molecule has 5 rings (SSSR count). The minimum atomic E-state index is -1.99. The molecule has 1 aromatic heterocycles. The van der Waals surface area contributed by atoms with Crippen LogP contribution in [0.25, 0.3) is 10.9 Å². The molecule has 10 atom stereocenters. The molecule has 3 aromatic carbocycles. The highest BCUT2D eigenvalue weighted by atomic mass is 32.2. The number of rotatable bonds is 36. The number of nitrogens with one attached hydrogen (secondary N) is 11. The predicted molar refractivity (Wildman–Crippen MR) is 319 cm³/mol. The average Bonchev–Trinajstić information content (AvgIpc) is 2.89. The molecule has 484 valence electrons. The molecule has 1 saturated heterocycles. The van der Waals surface area contributed by atoms with E-state index in [9.17, 15) is 92.7 Å². The standard InChI is InChI=1S/C58H72N12O19S/c1-29(71)49(70-56(86)39(22-31-12-14-33(72)15-13-31)66-54(84)41(25-47(76)77)67-51(81)37(16-18-44(59)73)64-50(80)36-17-19-45(74)62-36)57(87)61-28-46(75)63-40(24-32-27-60-35-11-7-6-10-34(32)35)53(83)65-38(20-21-90-2)52(82)68-42(26-48(78)79)55(85)69-43(58(88)89)23-30-8-4-3-5-9-30/h3-15,27,29,36-43,49,60,71-72H,16-26,28H2,1-2H3,(H2,59,73)(H,61,87)(H,62,74)(H,63,75)(H,64,80)(H,65,83)(H,66,84)(H,67,81)(H,68,82)(H,69,85)(H,70,86)(H,76,77)(H,78,79)(H,88,89)/t29-,36+,37+,38+,39+,40+,41+,42+,43+,49+/m1/s1. The summed E-state index contributed by atoms with van der Waals surface area (Å²) in [5, 5.41) is 74.5. The van der Waals surface area contributed by atoms with Crippen molar-refractivity contribution in [2.24, 2.45) is 5.73 Å². The van der Waals surface area contributed by atoms with Gasteiger partial charge in [0, 0.05) is 49.2 Å². The van der Waals surface area contributed by atoms with Gasteiger partial charge in [-0.1, -0.05) is 60.7 Å². The van der Waals surface area contributed by atoms with Gasteiger partial charge in [-0.05, 0) is 73.1 Å². The smallest absolute Gasteiger partial charge is 0.326 e. The van der Waals surface area contributed by atoms with Gasteiger partial charge in [-0.3, -0.25) is 62.3 Å². The topological polar surface area (TPSA) is 502 Å². The number of aliphatic hydroxyl groups is 1. The third-order valence-electron chi connectivity index (χ3n) is 14.0. The highest BCUT2D eigenvalue weighted by molar-refractivity contribution is 7.98. The summed E-state index contributed by atoms with van der Waals surface area (Å²) in [6.45, 7) is 0.158. The fraction of sp³-hybridized carbons (Fsp3) is 0.414. The molecule has 0 saturated carbocycles. The van der Waals surface area contributed by atoms with Crippen LogP contribution in [0.5, 0.6) is 5.75 Å². The van der Waals surface area contributed by atoms with Crippen LogP contribution >= 0.6 is 11.8 Å². The lowest BCUT2D eigenvalue weighted by Gasteiger charge is -2.27. The molecule has 0 unspecified atom stereocenters. The summed E-state index contributed by atoms with van der Waals surface area (Å²) in [4.78, 5) is 187. The Morgan fingerprint density at radius 1 is 0.600 bits per heavy atom. The van der Waals surface area contributed by atoms with Gasteiger partial charge < -0.3 is 89.4 Å². The molecular formula is C58H72N12O19S. The monoisotopic (exact) mass is 1270 g/mol. The maximum Gasteiger partial charge on any atom is 0.326 e. The summed E-state index contributed by atoms with van der Waals surface area (Å²) in [7, 11) is 0. The number of aromatic hydroxyl groups is 1. The summed E-state index contributed by atoms with van der Waals surface area (Å²) in [5.41, 5.74) is 7.22. The molecule has 0 aliphatic carbocycles. The number of carboxylic acid groups (broad SMARTS) is 3. The van der Waals surface area contributed by atoms with Crippen molar-refractivity contribution in [3.63, 3.8) is 0 Å². The van der Waals surface area contributed by atoms with Gasteiger partial charge in [0.2, 0.25) is 65.0 Å². The number of carboxylic acids is 3. The van der Waals surface area contributed by atoms with Gasteiger partial charge in [0.05, 0.1) is 25.5 Å². The van der Waals surface area contributed by atoms with Gasteiger partial charge in [0.25, 0.3) is 0 Å². The first-order valence-corrected chi connectivity index (χ1v) is 29.6. The van der Waals surface area contributed by atoms with Crippen LogP contribution in [0.15, 0.2) is 85.1 Å². The van der Waals surface area contributed by atoms with Gasteiger partial charge in [-0.15, -0.1) is 0 Å². The van der Waals surface area contributed by atoms with Crippen LogP contribution in [0, 0.1) is 0 Å². The van der Waals surface area contributed by atoms with E-state index in [0.29, 0.717) is 22.0 Å². The van der Waals surface area contributed by atoms with Crippen molar-refractivity contribution >= 4 is 106 Å². The molecule has 31 nitrogen and oxygen atoms in total. The summed E-state index contributed by atoms with van der Waals surface area (Å²) in [5.74, 6) is -15.8. The summed E-state index contributed by atoms with van der Waals surface area (Å²) in [6, 6.07) is 5.62. The molecule has 2 heterocycles. The number of fused-ring (bicyclic) bond motifs is 1. The van der Waals surface area contributed by atoms with E-state index in [1.807, 2.05) is 0 Å². The lowest BCUT2D eigenvalue weighted by molar-refractivity contribution is -0.144. The number of nitrogens with two attached hydrogens (primary N) is 1. The van der Waals surface area contributed by atoms with E-state index in [-0.39, 0.29) is 49.2 Å². The van der Waals surface area contributed by atoms with E-state index < -0.39 is 182 Å². The lowest BCUT2D eigenvalue weighted by atomic mass is 10.0. The van der Waals surface area contributed by atoms with E-state index in [1.54, 1.807) is 67.0 Å². The van der Waals surface area contributed by atoms with Crippen LogP contribution in [-0.4, -0.2) is 192 Å². The van der Waals surface area contributed by atoms with Crippen LogP contribution in [0.2, 0.25) is 0 Å². The Bertz CT molecular complexity index is 3270. The molecular weight excluding hydrogens is 1200 g/mol. The van der Waals surface area contributed by atoms with Gasteiger partial charge in [-0.2, -0.15) is 11.8 Å². The number of aliphatic carboxylic acids is 3. The Balaban J connectivity index is 1.33. The molecule has 0 radical (unpaired) electrons. The number of amides is 11. The average molecular weight is 1270 g/mol. The number of aromatic nitrogens is 1. The zero-order chi connectivity index (χ0) is 66.2. The number of aliphatic hydroxyl groups excluding tert-OH is 1. The van der Waals surface area contributed by atoms with Crippen LogP contribution in [-0.2, 0) is 86.4 Å². The van der Waals surface area contributed by atoms with Crippen molar-refractivity contribution in [2.45, 2.75) is 132 Å². The molecule has 0 bridgehead atoms. The van der Waals surface area contributed by atoms with Crippen molar-refractivity contribution in [3.8, 4) is 5.75 Å². The van der Waals surface area contributed by atoms with Crippen molar-refractivity contribution < 1.29 is 92.7 Å². The van der Waals surface area contributed by atoms with Crippen molar-refractivity contribution in [1.29, 1.82) is 0 Å². The summed E-state index contributed by atoms with van der Waals surface area (Å²) in [6.07, 6.45) is -2.38. The summed E-state index contributed by atoms with van der Waals surface area (Å²) >= 11 is 1.26. The predicted octanol–water partition coefficient (Wildman–Crippen LogP) is -3.39. The number of carbonyl (C=O) groups is 14. The van der Waals surface area contributed by atoms with E-state index in [1.165, 1.54) is 36.0 Å². The first-order chi connectivity index (χ1) is 42.7. The Kier molecular flexibility index (Phi) is 27.0. The van der Waals surface area contributed by atoms with Crippen molar-refractivity contribution in [3.05, 3.63) is 102 Å². The number of thioether (sulfide) groups is 1. The number of hydrogen-bond acceptors (Lipinski definition) is 17. The maximum absolute atomic E-state index is 14.4. The number of H-pyrrole nitrogens is 1. The number of hydrogen-bond donors (Lipinski definition) is 17. The minimum absolute atomic E-state index is 0.00487. The maximum atomic E-state index is 14.4. The number of phenolic OH excluding ortho intramolecular Hbond substituents is 1. The molecule has 90 heavy (non-hydrogen) atoms. The quantitative estimate of drug-likeness (QED) is 0.0211. The highest BCUT2D eigenvalue weighted by Gasteiger charge is 2.37. The Labute approximate surface area is 517 Å². The molecule has 1 aliphatic heterocycles. The first kappa shape index (κ1) is 70.7. The molecule has 11 amide bonds. The Hall–Kier alpha value is -10.1. The number of benzene rings is 3. The van der Waals surface area contributed by atoms with E-state index in [4.69, 9.17) is 5.73 Å². The molecule has 1 aliphatic rings. The van der Waals surface area contributed by atoms with Crippen LogP contribution < -0.4 is 58.9 Å². The van der Waals surface area contributed by atoms with Crippen molar-refractivity contribution in [2.75, 3.05) is 18.6 Å². The third kappa shape index (κ3) is 22.6. The number of para-hydroxylation sites is 1. The fourth-order valence-electron chi connectivity index (χ4n) is 9.31. The zero-order valence-electron chi connectivity index (χ0n) is 48.8. The van der Waals surface area contributed by atoms with E-state index >= 15 is 0 Å². The van der Waals surface area contributed by atoms with Gasteiger partial charge in [0.15, 0.2) is 0 Å². The Morgan fingerprint density at radius 2 is 1.11 bits per heavy atom. The molecule has 0 spiro atoms. The van der Waals surface area contributed by atoms with E-state index in [0.717, 1.165) is 6.92 Å². The zero-order valence-corrected chi connectivity index (χ0v) is 49.6. The molecule has 4 aromatic rings. The first-order valence-electron chi connectivity index (χ1n) is 28.2. The number of aromatic amines is 1. The van der Waals surface area contributed by atoms with Crippen molar-refractivity contribution in [1.82, 2.24) is 58.2 Å². The second-order valence-electron chi connectivity index (χ2n) is 21.0. The second kappa shape index (κ2) is 34.4. The summed E-state index contributed by atoms with van der Waals surface area (Å²) < 4.78 is 0. The number of phenols is 1. The van der Waals surface area contributed by atoms with Crippen LogP contribution in [0.1, 0.15) is 68.6 Å². The fourth-order valence-corrected chi connectivity index (χ4v) is 9.78. The largest absolute Gasteiger partial charge is 0.508 e. The molecule has 18 N–H and O–H groups in total. The van der Waals surface area contributed by atoms with Gasteiger partial charge in [0.1, 0.15) is 60.1 Å². The van der Waals surface area contributed by atoms with Gasteiger partial charge >= 0.3 is 17.9 Å². The minimum Gasteiger partial charge on any atom is -0.508 e. The number of primary amides is 1.